The number of sulfonamides is 1. The first-order chi connectivity index (χ1) is 16.8. The number of aryl methyl sites for hydroxylation is 1. The molecule has 3 aromatic rings. The van der Waals surface area contributed by atoms with E-state index in [9.17, 15) is 13.2 Å². The summed E-state index contributed by atoms with van der Waals surface area (Å²) < 4.78 is 33.3. The van der Waals surface area contributed by atoms with E-state index in [2.05, 4.69) is 36.5 Å². The van der Waals surface area contributed by atoms with Gasteiger partial charge in [-0.15, -0.1) is 0 Å². The summed E-state index contributed by atoms with van der Waals surface area (Å²) in [7, 11) is -2.60. The van der Waals surface area contributed by atoms with E-state index in [1.165, 1.54) is 36.4 Å². The minimum atomic E-state index is -4.04. The Labute approximate surface area is 216 Å². The van der Waals surface area contributed by atoms with Gasteiger partial charge in [-0.2, -0.15) is 11.8 Å². The fraction of sp³-hybridized carbons (Fsp3) is 0.269. The van der Waals surface area contributed by atoms with Crippen LogP contribution < -0.4 is 14.4 Å². The van der Waals surface area contributed by atoms with Crippen LogP contribution in [0.3, 0.4) is 0 Å². The molecule has 0 aliphatic rings. The van der Waals surface area contributed by atoms with Crippen LogP contribution in [0, 0.1) is 6.92 Å². The molecule has 186 valence electrons. The third-order valence-electron chi connectivity index (χ3n) is 5.17. The molecule has 0 fully saturated rings. The molecule has 9 heteroatoms. The number of ether oxygens (including phenoxy) is 1. The third kappa shape index (κ3) is 7.65. The van der Waals surface area contributed by atoms with Crippen LogP contribution in [-0.4, -0.2) is 40.3 Å². The van der Waals surface area contributed by atoms with Crippen LogP contribution in [0.15, 0.2) is 77.7 Å². The molecule has 6 nitrogen and oxygen atoms in total. The maximum absolute atomic E-state index is 13.5. The molecular weight excluding hydrogens is 504 g/mol. The van der Waals surface area contributed by atoms with E-state index < -0.39 is 22.5 Å². The Hall–Kier alpha value is -2.68. The summed E-state index contributed by atoms with van der Waals surface area (Å²) in [5.74, 6) is 1.68. The molecular formula is C26H29ClN2O4S2. The van der Waals surface area contributed by atoms with Crippen molar-refractivity contribution in [3.05, 3.63) is 88.9 Å². The Morgan fingerprint density at radius 2 is 1.83 bits per heavy atom. The van der Waals surface area contributed by atoms with Gasteiger partial charge in [0.15, 0.2) is 0 Å². The number of benzene rings is 3. The lowest BCUT2D eigenvalue weighted by atomic mass is 10.2. The zero-order chi connectivity index (χ0) is 25.3. The third-order valence-corrected chi connectivity index (χ3v) is 8.29. The number of hydrogen-bond acceptors (Lipinski definition) is 5. The molecule has 1 N–H and O–H groups in total. The molecule has 0 unspecified atom stereocenters. The first-order valence-corrected chi connectivity index (χ1v) is 14.1. The van der Waals surface area contributed by atoms with Crippen molar-refractivity contribution in [3.63, 3.8) is 0 Å². The topological polar surface area (TPSA) is 75.7 Å². The zero-order valence-corrected chi connectivity index (χ0v) is 22.1. The smallest absolute Gasteiger partial charge is 0.264 e. The molecule has 0 aromatic heterocycles. The van der Waals surface area contributed by atoms with Crippen LogP contribution in [0.1, 0.15) is 17.5 Å². The average molecular weight is 533 g/mol. The van der Waals surface area contributed by atoms with Gasteiger partial charge in [-0.05, 0) is 55.0 Å². The number of carbonyl (C=O) groups excluding carboxylic acids is 1. The van der Waals surface area contributed by atoms with Crippen molar-refractivity contribution >= 4 is 45.0 Å². The summed E-state index contributed by atoms with van der Waals surface area (Å²) >= 11 is 7.95. The fourth-order valence-electron chi connectivity index (χ4n) is 3.46. The predicted octanol–water partition coefficient (Wildman–Crippen LogP) is 5.29. The number of thioether (sulfide) groups is 1. The normalized spacial score (nSPS) is 11.2. The predicted molar refractivity (Wildman–Crippen MR) is 144 cm³/mol. The largest absolute Gasteiger partial charge is 0.495 e. The minimum absolute atomic E-state index is 0.0716. The summed E-state index contributed by atoms with van der Waals surface area (Å²) in [4.78, 5) is 12.9. The molecule has 35 heavy (non-hydrogen) atoms. The van der Waals surface area contributed by atoms with Crippen molar-refractivity contribution in [1.82, 2.24) is 5.32 Å². The van der Waals surface area contributed by atoms with E-state index in [4.69, 9.17) is 16.3 Å². The second-order valence-corrected chi connectivity index (χ2v) is 11.3. The van der Waals surface area contributed by atoms with Crippen LogP contribution in [0.2, 0.25) is 5.02 Å². The van der Waals surface area contributed by atoms with Gasteiger partial charge in [-0.25, -0.2) is 8.42 Å². The number of methoxy groups -OCH3 is 1. The van der Waals surface area contributed by atoms with E-state index in [1.807, 2.05) is 0 Å². The highest BCUT2D eigenvalue weighted by atomic mass is 35.5. The second kappa shape index (κ2) is 12.9. The van der Waals surface area contributed by atoms with E-state index in [0.29, 0.717) is 17.3 Å². The molecule has 0 radical (unpaired) electrons. The van der Waals surface area contributed by atoms with Gasteiger partial charge in [0.05, 0.1) is 17.7 Å². The lowest BCUT2D eigenvalue weighted by molar-refractivity contribution is -0.119. The quantitative estimate of drug-likeness (QED) is 0.321. The Bertz CT molecular complexity index is 1240. The summed E-state index contributed by atoms with van der Waals surface area (Å²) in [5, 5.41) is 3.17. The molecule has 0 atom stereocenters. The van der Waals surface area contributed by atoms with Crippen LogP contribution >= 0.6 is 23.4 Å². The first kappa shape index (κ1) is 26.9. The van der Waals surface area contributed by atoms with Crippen molar-refractivity contribution in [1.29, 1.82) is 0 Å². The second-order valence-electron chi connectivity index (χ2n) is 7.89. The molecule has 3 rings (SSSR count). The standard InChI is InChI=1S/C26H29ClN2O4S2/c1-20-8-6-9-21(16-20)19-34-15-7-14-28-26(30)18-29(24-17-22(27)12-13-25(24)33-2)35(31,32)23-10-4-3-5-11-23/h3-6,8-13,16-17H,7,14-15,18-19H2,1-2H3,(H,28,30). The summed E-state index contributed by atoms with van der Waals surface area (Å²) in [6.45, 7) is 2.12. The molecule has 0 saturated heterocycles. The first-order valence-electron chi connectivity index (χ1n) is 11.1. The monoisotopic (exact) mass is 532 g/mol. The minimum Gasteiger partial charge on any atom is -0.495 e. The number of nitrogens with one attached hydrogen (secondary N) is 1. The van der Waals surface area contributed by atoms with Gasteiger partial charge < -0.3 is 10.1 Å². The molecule has 1 amide bonds. The van der Waals surface area contributed by atoms with Gasteiger partial charge in [0.2, 0.25) is 5.91 Å². The maximum atomic E-state index is 13.5. The lowest BCUT2D eigenvalue weighted by Gasteiger charge is -2.25. The zero-order valence-electron chi connectivity index (χ0n) is 19.7. The Morgan fingerprint density at radius 1 is 1.06 bits per heavy atom. The fourth-order valence-corrected chi connectivity index (χ4v) is 5.98. The number of hydrogen-bond donors (Lipinski definition) is 1. The summed E-state index contributed by atoms with van der Waals surface area (Å²) in [6, 6.07) is 21.0. The van der Waals surface area contributed by atoms with E-state index in [1.54, 1.807) is 42.1 Å². The van der Waals surface area contributed by atoms with Crippen molar-refractivity contribution < 1.29 is 17.9 Å². The van der Waals surface area contributed by atoms with E-state index in [-0.39, 0.29) is 10.6 Å². The number of anilines is 1. The molecule has 0 heterocycles. The van der Waals surface area contributed by atoms with Crippen molar-refractivity contribution in [2.45, 2.75) is 24.0 Å². The SMILES string of the molecule is COc1ccc(Cl)cc1N(CC(=O)NCCCSCc1cccc(C)c1)S(=O)(=O)c1ccccc1. The Morgan fingerprint density at radius 3 is 2.54 bits per heavy atom. The van der Waals surface area contributed by atoms with Crippen molar-refractivity contribution in [3.8, 4) is 5.75 Å². The van der Waals surface area contributed by atoms with Gasteiger partial charge in [-0.1, -0.05) is 59.6 Å². The Kier molecular flexibility index (Phi) is 9.89. The molecule has 0 aliphatic carbocycles. The highest BCUT2D eigenvalue weighted by Crippen LogP contribution is 2.34. The van der Waals surface area contributed by atoms with Gasteiger partial charge in [-0.3, -0.25) is 9.10 Å². The molecule has 0 bridgehead atoms. The highest BCUT2D eigenvalue weighted by molar-refractivity contribution is 7.98. The van der Waals surface area contributed by atoms with Gasteiger partial charge >= 0.3 is 0 Å². The van der Waals surface area contributed by atoms with E-state index >= 15 is 0 Å². The van der Waals surface area contributed by atoms with Crippen LogP contribution in [-0.2, 0) is 20.6 Å². The summed E-state index contributed by atoms with van der Waals surface area (Å²) in [5.41, 5.74) is 2.71. The van der Waals surface area contributed by atoms with Crippen molar-refractivity contribution in [2.24, 2.45) is 0 Å². The number of rotatable bonds is 12. The van der Waals surface area contributed by atoms with Crippen LogP contribution in [0.5, 0.6) is 5.75 Å². The van der Waals surface area contributed by atoms with Gasteiger partial charge in [0.1, 0.15) is 12.3 Å². The maximum Gasteiger partial charge on any atom is 0.264 e. The van der Waals surface area contributed by atoms with E-state index in [0.717, 1.165) is 22.2 Å². The molecule has 0 aliphatic heterocycles. The van der Waals surface area contributed by atoms with Crippen molar-refractivity contribution in [2.75, 3.05) is 30.3 Å². The lowest BCUT2D eigenvalue weighted by Crippen LogP contribution is -2.41. The number of amides is 1. The highest BCUT2D eigenvalue weighted by Gasteiger charge is 2.29. The average Bonchev–Trinajstić information content (AvgIpc) is 2.85. The molecule has 0 saturated carbocycles. The summed E-state index contributed by atoms with van der Waals surface area (Å²) in [6.07, 6.45) is 0.772. The van der Waals surface area contributed by atoms with Gasteiger partial charge in [0, 0.05) is 17.3 Å². The number of halogens is 1. The Balaban J connectivity index is 1.64. The number of carbonyl (C=O) groups is 1. The molecule has 3 aromatic carbocycles. The number of nitrogens with zero attached hydrogens (tertiary/aromatic N) is 1. The van der Waals surface area contributed by atoms with Crippen LogP contribution in [0.25, 0.3) is 0 Å². The van der Waals surface area contributed by atoms with Crippen LogP contribution in [0.4, 0.5) is 5.69 Å². The van der Waals surface area contributed by atoms with Gasteiger partial charge in [0.25, 0.3) is 10.0 Å². The molecule has 0 spiro atoms.